The number of likely N-dealkylation sites (tertiary alicyclic amines) is 1. The molecule has 2 N–H and O–H groups in total. The number of nitrogens with two attached hydrogens (primary N) is 1. The lowest BCUT2D eigenvalue weighted by molar-refractivity contribution is -0.167. The van der Waals surface area contributed by atoms with E-state index in [9.17, 15) is 0 Å². The second kappa shape index (κ2) is 4.21. The van der Waals surface area contributed by atoms with Crippen molar-refractivity contribution in [3.05, 3.63) is 0 Å². The fraction of sp³-hybridized carbons (Fsp3) is 1.00. The van der Waals surface area contributed by atoms with Gasteiger partial charge in [0.2, 0.25) is 0 Å². The Morgan fingerprint density at radius 2 is 1.45 bits per heavy atom. The highest BCUT2D eigenvalue weighted by atomic mass is 16.5. The van der Waals surface area contributed by atoms with E-state index in [0.29, 0.717) is 17.7 Å². The highest BCUT2D eigenvalue weighted by molar-refractivity contribution is 5.14. The molecule has 2 atom stereocenters. The summed E-state index contributed by atoms with van der Waals surface area (Å²) in [6.45, 7) is 3.22. The molecule has 6 rings (SSSR count). The van der Waals surface area contributed by atoms with E-state index in [1.165, 1.54) is 44.9 Å². The van der Waals surface area contributed by atoms with Crippen molar-refractivity contribution in [3.63, 3.8) is 0 Å². The summed E-state index contributed by atoms with van der Waals surface area (Å²) >= 11 is 0. The normalized spacial score (nSPS) is 57.5. The summed E-state index contributed by atoms with van der Waals surface area (Å²) in [6.07, 6.45) is 11.0. The third-order valence-corrected chi connectivity index (χ3v) is 7.51. The average molecular weight is 276 g/mol. The molecule has 2 saturated heterocycles. The molecule has 2 unspecified atom stereocenters. The first-order valence-corrected chi connectivity index (χ1v) is 8.88. The lowest BCUT2D eigenvalue weighted by Gasteiger charge is -2.65. The van der Waals surface area contributed by atoms with Crippen molar-refractivity contribution in [1.82, 2.24) is 4.90 Å². The fourth-order valence-electron chi connectivity index (χ4n) is 6.93. The highest BCUT2D eigenvalue weighted by Crippen LogP contribution is 2.60. The monoisotopic (exact) mass is 276 g/mol. The zero-order valence-corrected chi connectivity index (χ0v) is 12.5. The molecule has 0 aromatic heterocycles. The van der Waals surface area contributed by atoms with Crippen molar-refractivity contribution in [2.24, 2.45) is 29.4 Å². The van der Waals surface area contributed by atoms with Crippen LogP contribution in [0.15, 0.2) is 0 Å². The quantitative estimate of drug-likeness (QED) is 0.838. The number of hydrogen-bond acceptors (Lipinski definition) is 3. The molecule has 2 aliphatic heterocycles. The maximum Gasteiger partial charge on any atom is 0.0707 e. The summed E-state index contributed by atoms with van der Waals surface area (Å²) in [7, 11) is 0. The Balaban J connectivity index is 1.49. The lowest BCUT2D eigenvalue weighted by atomic mass is 9.48. The molecule has 6 fully saturated rings. The van der Waals surface area contributed by atoms with E-state index in [1.54, 1.807) is 0 Å². The van der Waals surface area contributed by atoms with Gasteiger partial charge in [0.1, 0.15) is 0 Å². The Morgan fingerprint density at radius 3 is 1.95 bits per heavy atom. The van der Waals surface area contributed by atoms with Crippen LogP contribution in [0.3, 0.4) is 0 Å². The first kappa shape index (κ1) is 12.4. The molecular formula is C17H28N2O. The van der Waals surface area contributed by atoms with Gasteiger partial charge in [0.25, 0.3) is 0 Å². The van der Waals surface area contributed by atoms with Gasteiger partial charge >= 0.3 is 0 Å². The van der Waals surface area contributed by atoms with Crippen molar-refractivity contribution >= 4 is 0 Å². The highest BCUT2D eigenvalue weighted by Gasteiger charge is 2.60. The van der Waals surface area contributed by atoms with Gasteiger partial charge in [-0.2, -0.15) is 0 Å². The minimum atomic E-state index is 0.345. The van der Waals surface area contributed by atoms with Crippen molar-refractivity contribution in [2.45, 2.75) is 62.7 Å². The molecule has 0 aromatic rings. The maximum absolute atomic E-state index is 6.45. The summed E-state index contributed by atoms with van der Waals surface area (Å²) in [5.41, 5.74) is 6.79. The topological polar surface area (TPSA) is 38.5 Å². The summed E-state index contributed by atoms with van der Waals surface area (Å²) in [6, 6.07) is 0. The summed E-state index contributed by atoms with van der Waals surface area (Å²) in [5, 5.41) is 0. The van der Waals surface area contributed by atoms with Crippen LogP contribution in [0.1, 0.15) is 44.9 Å². The Kier molecular flexibility index (Phi) is 2.61. The third kappa shape index (κ3) is 1.52. The molecule has 0 spiro atoms. The van der Waals surface area contributed by atoms with Gasteiger partial charge in [-0.1, -0.05) is 0 Å². The molecule has 3 heteroatoms. The van der Waals surface area contributed by atoms with Crippen molar-refractivity contribution in [3.8, 4) is 0 Å². The van der Waals surface area contributed by atoms with Crippen LogP contribution < -0.4 is 5.73 Å². The second-order valence-electron chi connectivity index (χ2n) is 8.36. The molecule has 0 amide bonds. The van der Waals surface area contributed by atoms with Gasteiger partial charge in [-0.15, -0.1) is 0 Å². The molecule has 112 valence electrons. The van der Waals surface area contributed by atoms with E-state index < -0.39 is 0 Å². The van der Waals surface area contributed by atoms with Gasteiger partial charge in [0.15, 0.2) is 0 Å². The summed E-state index contributed by atoms with van der Waals surface area (Å²) in [4.78, 5) is 2.83. The van der Waals surface area contributed by atoms with Crippen molar-refractivity contribution < 1.29 is 4.74 Å². The summed E-state index contributed by atoms with van der Waals surface area (Å²) in [5.74, 6) is 3.85. The minimum absolute atomic E-state index is 0.345. The van der Waals surface area contributed by atoms with E-state index in [-0.39, 0.29) is 0 Å². The van der Waals surface area contributed by atoms with Crippen LogP contribution in [0.25, 0.3) is 0 Å². The SMILES string of the molecule is NCC1(N2CC3CCC(C2)O3)C2CC3CC(C2)CC1C3. The number of ether oxygens (including phenoxy) is 1. The Labute approximate surface area is 122 Å². The van der Waals surface area contributed by atoms with Crippen LogP contribution >= 0.6 is 0 Å². The zero-order valence-electron chi connectivity index (χ0n) is 12.5. The molecule has 6 bridgehead atoms. The molecule has 0 radical (unpaired) electrons. The minimum Gasteiger partial charge on any atom is -0.372 e. The smallest absolute Gasteiger partial charge is 0.0707 e. The predicted octanol–water partition coefficient (Wildman–Crippen LogP) is 2.00. The first-order chi connectivity index (χ1) is 9.78. The number of morpholine rings is 1. The van der Waals surface area contributed by atoms with E-state index in [0.717, 1.165) is 43.3 Å². The van der Waals surface area contributed by atoms with Crippen LogP contribution in [0, 0.1) is 23.7 Å². The molecule has 3 nitrogen and oxygen atoms in total. The van der Waals surface area contributed by atoms with E-state index in [1.807, 2.05) is 0 Å². The van der Waals surface area contributed by atoms with Crippen LogP contribution in [0.5, 0.6) is 0 Å². The van der Waals surface area contributed by atoms with Crippen molar-refractivity contribution in [1.29, 1.82) is 0 Å². The fourth-order valence-corrected chi connectivity index (χ4v) is 6.93. The third-order valence-electron chi connectivity index (χ3n) is 7.51. The van der Waals surface area contributed by atoms with Gasteiger partial charge in [0, 0.05) is 25.2 Å². The zero-order chi connectivity index (χ0) is 13.3. The number of nitrogens with zero attached hydrogens (tertiary/aromatic N) is 1. The van der Waals surface area contributed by atoms with Crippen molar-refractivity contribution in [2.75, 3.05) is 19.6 Å². The van der Waals surface area contributed by atoms with Gasteiger partial charge in [-0.3, -0.25) is 4.90 Å². The Hall–Kier alpha value is -0.120. The van der Waals surface area contributed by atoms with E-state index in [4.69, 9.17) is 10.5 Å². The maximum atomic E-state index is 6.45. The molecule has 0 aromatic carbocycles. The number of fused-ring (bicyclic) bond motifs is 2. The van der Waals surface area contributed by atoms with E-state index >= 15 is 0 Å². The molecular weight excluding hydrogens is 248 g/mol. The summed E-state index contributed by atoms with van der Waals surface area (Å²) < 4.78 is 6.08. The average Bonchev–Trinajstić information content (AvgIpc) is 2.77. The Morgan fingerprint density at radius 1 is 0.900 bits per heavy atom. The van der Waals surface area contributed by atoms with Crippen LogP contribution in [0.4, 0.5) is 0 Å². The predicted molar refractivity (Wildman–Crippen MR) is 78.3 cm³/mol. The molecule has 4 saturated carbocycles. The number of hydrogen-bond donors (Lipinski definition) is 1. The second-order valence-corrected chi connectivity index (χ2v) is 8.36. The standard InChI is InChI=1S/C17H28N2O/c18-10-17(19-8-15-1-2-16(9-19)20-15)13-4-11-3-12(6-13)7-14(17)5-11/h11-16H,1-10,18H2. The molecule has 20 heavy (non-hydrogen) atoms. The van der Waals surface area contributed by atoms with Crippen LogP contribution in [-0.2, 0) is 4.74 Å². The molecule has 4 aliphatic carbocycles. The Bertz CT molecular complexity index is 370. The van der Waals surface area contributed by atoms with Gasteiger partial charge in [0.05, 0.1) is 12.2 Å². The van der Waals surface area contributed by atoms with Gasteiger partial charge in [-0.25, -0.2) is 0 Å². The first-order valence-electron chi connectivity index (χ1n) is 8.88. The largest absolute Gasteiger partial charge is 0.372 e. The number of rotatable bonds is 2. The molecule has 2 heterocycles. The van der Waals surface area contributed by atoms with Gasteiger partial charge < -0.3 is 10.5 Å². The van der Waals surface area contributed by atoms with Crippen LogP contribution in [-0.4, -0.2) is 42.3 Å². The van der Waals surface area contributed by atoms with E-state index in [2.05, 4.69) is 4.90 Å². The van der Waals surface area contributed by atoms with Gasteiger partial charge in [-0.05, 0) is 68.6 Å². The lowest BCUT2D eigenvalue weighted by Crippen LogP contribution is -2.71. The molecule has 6 aliphatic rings. The van der Waals surface area contributed by atoms with Crippen LogP contribution in [0.2, 0.25) is 0 Å².